The molecule has 0 aromatic heterocycles. The highest BCUT2D eigenvalue weighted by atomic mass is 19.4. The van der Waals surface area contributed by atoms with Gasteiger partial charge in [0.1, 0.15) is 0 Å². The van der Waals surface area contributed by atoms with Gasteiger partial charge in [0.15, 0.2) is 0 Å². The Morgan fingerprint density at radius 3 is 2.12 bits per heavy atom. The number of rotatable bonds is 6. The quantitative estimate of drug-likeness (QED) is 0.338. The Morgan fingerprint density at radius 2 is 1.62 bits per heavy atom. The number of hydrogen-bond acceptors (Lipinski definition) is 7. The zero-order chi connectivity index (χ0) is 25.8. The van der Waals surface area contributed by atoms with Gasteiger partial charge >= 0.3 is 30.2 Å². The van der Waals surface area contributed by atoms with Gasteiger partial charge in [0.25, 0.3) is 0 Å². The fourth-order valence-corrected chi connectivity index (χ4v) is 3.36. The maximum atomic E-state index is 13.5. The van der Waals surface area contributed by atoms with Crippen LogP contribution in [-0.4, -0.2) is 88.1 Å². The molecule has 190 valence electrons. The topological polar surface area (TPSA) is 79.4 Å². The number of carbonyl (C=O) groups excluding carboxylic acids is 3. The summed E-state index contributed by atoms with van der Waals surface area (Å²) < 4.78 is 86.5. The fraction of sp³-hybridized carbons (Fsp3) is 0.550. The Balaban J connectivity index is 2.60. The van der Waals surface area contributed by atoms with Crippen molar-refractivity contribution in [3.8, 4) is 0 Å². The third-order valence-electron chi connectivity index (χ3n) is 5.04. The Kier molecular flexibility index (Phi) is 8.53. The number of hydrogen-bond donors (Lipinski definition) is 0. The first-order chi connectivity index (χ1) is 15.7. The molecular weight excluding hydrogens is 476 g/mol. The summed E-state index contributed by atoms with van der Waals surface area (Å²) in [5.41, 5.74) is -0.882. The summed E-state index contributed by atoms with van der Waals surface area (Å²) in [6.45, 7) is 2.79. The summed E-state index contributed by atoms with van der Waals surface area (Å²) in [7, 11) is 3.06. The monoisotopic (exact) mass is 499 g/mol. The van der Waals surface area contributed by atoms with Crippen molar-refractivity contribution in [1.82, 2.24) is 4.90 Å². The first kappa shape index (κ1) is 27.4. The van der Waals surface area contributed by atoms with Crippen LogP contribution in [-0.2, 0) is 19.1 Å². The average Bonchev–Trinajstić information content (AvgIpc) is 2.73. The van der Waals surface area contributed by atoms with Gasteiger partial charge in [-0.15, -0.1) is 0 Å². The zero-order valence-electron chi connectivity index (χ0n) is 18.5. The molecule has 0 saturated carbocycles. The molecular formula is C20H23F6N3O5. The van der Waals surface area contributed by atoms with E-state index in [0.29, 0.717) is 31.1 Å². The third-order valence-corrected chi connectivity index (χ3v) is 5.04. The smallest absolute Gasteiger partial charge is 0.383 e. The number of likely N-dealkylation sites (N-methyl/N-ethyl adjacent to an activating group) is 1. The molecule has 1 fully saturated rings. The Bertz CT molecular complexity index is 913. The zero-order valence-corrected chi connectivity index (χ0v) is 18.5. The van der Waals surface area contributed by atoms with Gasteiger partial charge in [0.05, 0.1) is 29.6 Å². The van der Waals surface area contributed by atoms with E-state index in [4.69, 9.17) is 4.74 Å². The van der Waals surface area contributed by atoms with Crippen LogP contribution in [0, 0.1) is 0 Å². The standard InChI is InChI=1S/C20H23F6N3O5/c1-12(11-33-3)29(17(31)19(21,22)23)15-10-13(16(30)34-18(32)20(24,25)26)4-5-14(15)28-8-6-27(2)7-9-28/h4-5,10,12H,6-9,11H2,1-3H3/t12-/m0/s1. The molecule has 2 rings (SSSR count). The number of ether oxygens (including phenoxy) is 2. The molecule has 0 unspecified atom stereocenters. The number of anilines is 2. The Labute approximate surface area is 191 Å². The minimum absolute atomic E-state index is 0.146. The van der Waals surface area contributed by atoms with Crippen LogP contribution < -0.4 is 9.80 Å². The fourth-order valence-electron chi connectivity index (χ4n) is 3.36. The van der Waals surface area contributed by atoms with E-state index in [0.717, 1.165) is 12.1 Å². The van der Waals surface area contributed by atoms with Crippen LogP contribution in [0.15, 0.2) is 18.2 Å². The van der Waals surface area contributed by atoms with Crippen LogP contribution in [0.1, 0.15) is 17.3 Å². The molecule has 1 heterocycles. The molecule has 1 aromatic rings. The van der Waals surface area contributed by atoms with Crippen molar-refractivity contribution < 1.29 is 50.2 Å². The van der Waals surface area contributed by atoms with Crippen molar-refractivity contribution in [3.63, 3.8) is 0 Å². The summed E-state index contributed by atoms with van der Waals surface area (Å²) in [4.78, 5) is 39.6. The largest absolute Gasteiger partial charge is 0.491 e. The maximum absolute atomic E-state index is 13.5. The van der Waals surface area contributed by atoms with E-state index in [9.17, 15) is 40.7 Å². The lowest BCUT2D eigenvalue weighted by molar-refractivity contribution is -0.193. The van der Waals surface area contributed by atoms with Crippen LogP contribution in [0.25, 0.3) is 0 Å². The van der Waals surface area contributed by atoms with Gasteiger partial charge in [-0.25, -0.2) is 9.59 Å². The van der Waals surface area contributed by atoms with Crippen LogP contribution in [0.4, 0.5) is 37.7 Å². The van der Waals surface area contributed by atoms with Crippen LogP contribution in [0.3, 0.4) is 0 Å². The van der Waals surface area contributed by atoms with E-state index in [1.807, 2.05) is 11.9 Å². The third kappa shape index (κ3) is 6.59. The second-order valence-electron chi connectivity index (χ2n) is 7.65. The van der Waals surface area contributed by atoms with Gasteiger partial charge in [-0.1, -0.05) is 0 Å². The van der Waals surface area contributed by atoms with E-state index >= 15 is 0 Å². The van der Waals surface area contributed by atoms with Crippen LogP contribution in [0.2, 0.25) is 0 Å². The van der Waals surface area contributed by atoms with Gasteiger partial charge in [0.2, 0.25) is 0 Å². The molecule has 0 N–H and O–H groups in total. The highest BCUT2D eigenvalue weighted by Gasteiger charge is 2.46. The van der Waals surface area contributed by atoms with E-state index in [2.05, 4.69) is 4.74 Å². The number of amides is 1. The van der Waals surface area contributed by atoms with E-state index in [1.54, 1.807) is 4.90 Å². The Morgan fingerprint density at radius 1 is 1.03 bits per heavy atom. The SMILES string of the molecule is COC[C@H](C)N(C(=O)C(F)(F)F)c1cc(C(=O)OC(=O)C(F)(F)F)ccc1N1CCN(C)CC1. The number of benzene rings is 1. The molecule has 0 spiro atoms. The molecule has 1 saturated heterocycles. The van der Waals surface area contributed by atoms with Crippen molar-refractivity contribution in [1.29, 1.82) is 0 Å². The molecule has 1 aliphatic heterocycles. The van der Waals surface area contributed by atoms with Crippen LogP contribution in [0.5, 0.6) is 0 Å². The predicted molar refractivity (Wildman–Crippen MR) is 108 cm³/mol. The molecule has 34 heavy (non-hydrogen) atoms. The molecule has 1 atom stereocenters. The second-order valence-corrected chi connectivity index (χ2v) is 7.65. The van der Waals surface area contributed by atoms with Crippen molar-refractivity contribution >= 4 is 29.2 Å². The molecule has 0 bridgehead atoms. The summed E-state index contributed by atoms with van der Waals surface area (Å²) in [5, 5.41) is 0. The lowest BCUT2D eigenvalue weighted by Gasteiger charge is -2.38. The minimum Gasteiger partial charge on any atom is -0.383 e. The van der Waals surface area contributed by atoms with Gasteiger partial charge in [-0.05, 0) is 32.2 Å². The molecule has 1 aliphatic rings. The lowest BCUT2D eigenvalue weighted by Crippen LogP contribution is -2.50. The van der Waals surface area contributed by atoms with Crippen molar-refractivity contribution in [2.75, 3.05) is 56.7 Å². The van der Waals surface area contributed by atoms with Gasteiger partial charge < -0.3 is 19.3 Å². The lowest BCUT2D eigenvalue weighted by atomic mass is 10.1. The van der Waals surface area contributed by atoms with E-state index in [-0.39, 0.29) is 18.0 Å². The highest BCUT2D eigenvalue weighted by molar-refractivity contribution is 6.04. The minimum atomic E-state index is -5.45. The normalized spacial score (nSPS) is 16.2. The highest BCUT2D eigenvalue weighted by Crippen LogP contribution is 2.36. The average molecular weight is 499 g/mol. The van der Waals surface area contributed by atoms with Crippen LogP contribution >= 0.6 is 0 Å². The molecule has 1 amide bonds. The van der Waals surface area contributed by atoms with E-state index < -0.39 is 41.8 Å². The molecule has 8 nitrogen and oxygen atoms in total. The predicted octanol–water partition coefficient (Wildman–Crippen LogP) is 2.61. The molecule has 1 aromatic carbocycles. The number of piperazine rings is 1. The number of alkyl halides is 6. The van der Waals surface area contributed by atoms with Gasteiger partial charge in [0, 0.05) is 33.3 Å². The van der Waals surface area contributed by atoms with Gasteiger partial charge in [-0.3, -0.25) is 9.69 Å². The molecule has 14 heteroatoms. The maximum Gasteiger partial charge on any atom is 0.491 e. The summed E-state index contributed by atoms with van der Waals surface area (Å²) in [6, 6.07) is 1.84. The first-order valence-electron chi connectivity index (χ1n) is 9.97. The number of halogens is 6. The Hall–Kier alpha value is -2.87. The van der Waals surface area contributed by atoms with Crippen molar-refractivity contribution in [3.05, 3.63) is 23.8 Å². The molecule has 0 radical (unpaired) electrons. The van der Waals surface area contributed by atoms with E-state index in [1.165, 1.54) is 20.1 Å². The van der Waals surface area contributed by atoms with Crippen molar-refractivity contribution in [2.24, 2.45) is 0 Å². The first-order valence-corrected chi connectivity index (χ1v) is 9.97. The second kappa shape index (κ2) is 10.6. The summed E-state index contributed by atoms with van der Waals surface area (Å²) >= 11 is 0. The summed E-state index contributed by atoms with van der Waals surface area (Å²) in [6.07, 6.45) is -10.8. The number of methoxy groups -OCH3 is 1. The van der Waals surface area contributed by atoms with Gasteiger partial charge in [-0.2, -0.15) is 26.3 Å². The number of carbonyl (C=O) groups is 3. The van der Waals surface area contributed by atoms with Crippen molar-refractivity contribution in [2.45, 2.75) is 25.3 Å². The summed E-state index contributed by atoms with van der Waals surface area (Å²) in [5.74, 6) is -6.77. The molecule has 0 aliphatic carbocycles. The number of nitrogens with zero attached hydrogens (tertiary/aromatic N) is 3. The number of esters is 2.